The average molecular weight is 465 g/mol. The van der Waals surface area contributed by atoms with Crippen molar-refractivity contribution < 1.29 is 18.0 Å². The van der Waals surface area contributed by atoms with Gasteiger partial charge in [0.05, 0.1) is 4.90 Å². The molecule has 0 saturated carbocycles. The highest BCUT2D eigenvalue weighted by molar-refractivity contribution is 7.89. The summed E-state index contributed by atoms with van der Waals surface area (Å²) in [6, 6.07) is 25.5. The van der Waals surface area contributed by atoms with Crippen LogP contribution in [0.2, 0.25) is 0 Å². The van der Waals surface area contributed by atoms with Crippen molar-refractivity contribution in [1.82, 2.24) is 10.0 Å². The lowest BCUT2D eigenvalue weighted by atomic mass is 9.86. The highest BCUT2D eigenvalue weighted by Gasteiger charge is 2.23. The Kier molecular flexibility index (Phi) is 8.14. The number of hydrogen-bond donors (Lipinski definition) is 2. The number of amides is 1. The van der Waals surface area contributed by atoms with E-state index in [1.165, 1.54) is 25.1 Å². The van der Waals surface area contributed by atoms with Crippen LogP contribution in [0.25, 0.3) is 0 Å². The maximum atomic E-state index is 12.6. The van der Waals surface area contributed by atoms with Gasteiger partial charge in [-0.15, -0.1) is 0 Å². The molecule has 0 radical (unpaired) electrons. The number of hydrogen-bond acceptors (Lipinski definition) is 4. The summed E-state index contributed by atoms with van der Waals surface area (Å²) in [6.07, 6.45) is -0.00767. The van der Waals surface area contributed by atoms with Crippen molar-refractivity contribution >= 4 is 21.7 Å². The number of benzene rings is 3. The van der Waals surface area contributed by atoms with Crippen LogP contribution in [-0.4, -0.2) is 32.7 Å². The lowest BCUT2D eigenvalue weighted by Gasteiger charge is -2.26. The molecule has 1 amide bonds. The van der Waals surface area contributed by atoms with Gasteiger partial charge < -0.3 is 5.32 Å². The Labute approximate surface area is 195 Å². The molecular formula is C26H28N2O4S. The lowest BCUT2D eigenvalue weighted by Crippen LogP contribution is -2.39. The zero-order valence-electron chi connectivity index (χ0n) is 18.7. The van der Waals surface area contributed by atoms with E-state index in [1.54, 1.807) is 6.07 Å². The van der Waals surface area contributed by atoms with Crippen molar-refractivity contribution in [3.63, 3.8) is 0 Å². The van der Waals surface area contributed by atoms with Crippen molar-refractivity contribution in [1.29, 1.82) is 0 Å². The van der Waals surface area contributed by atoms with Crippen LogP contribution in [0.4, 0.5) is 0 Å². The fourth-order valence-corrected chi connectivity index (χ4v) is 4.84. The van der Waals surface area contributed by atoms with E-state index in [-0.39, 0.29) is 41.5 Å². The minimum Gasteiger partial charge on any atom is -0.353 e. The van der Waals surface area contributed by atoms with E-state index in [9.17, 15) is 18.0 Å². The molecule has 1 unspecified atom stereocenters. The van der Waals surface area contributed by atoms with E-state index in [4.69, 9.17) is 0 Å². The van der Waals surface area contributed by atoms with Gasteiger partial charge in [-0.25, -0.2) is 13.1 Å². The third-order valence-electron chi connectivity index (χ3n) is 5.40. The van der Waals surface area contributed by atoms with Gasteiger partial charge in [-0.05, 0) is 37.1 Å². The summed E-state index contributed by atoms with van der Waals surface area (Å²) in [4.78, 5) is 24.1. The standard InChI is InChI=1S/C26H28N2O4S/c1-19(26(21-10-5-3-6-11-21)22-12-7-4-8-13-22)28-25(30)16-17-27-33(31,32)24-15-9-14-23(18-24)20(2)29/h3-15,18-19,26-27H,16-17H2,1-2H3,(H,28,30). The maximum absolute atomic E-state index is 12.6. The molecule has 1 atom stereocenters. The molecule has 0 spiro atoms. The predicted molar refractivity (Wildman–Crippen MR) is 129 cm³/mol. The van der Waals surface area contributed by atoms with E-state index in [0.29, 0.717) is 5.56 Å². The molecular weight excluding hydrogens is 436 g/mol. The molecule has 0 aromatic heterocycles. The first-order chi connectivity index (χ1) is 15.8. The number of ketones is 1. The predicted octanol–water partition coefficient (Wildman–Crippen LogP) is 3.89. The van der Waals surface area contributed by atoms with Crippen LogP contribution in [0, 0.1) is 0 Å². The second-order valence-corrected chi connectivity index (χ2v) is 9.65. The fraction of sp³-hybridized carbons (Fsp3) is 0.231. The number of carbonyl (C=O) groups excluding carboxylic acids is 2. The highest BCUT2D eigenvalue weighted by atomic mass is 32.2. The van der Waals surface area contributed by atoms with E-state index >= 15 is 0 Å². The molecule has 172 valence electrons. The Morgan fingerprint density at radius 1 is 0.848 bits per heavy atom. The van der Waals surface area contributed by atoms with Crippen LogP contribution < -0.4 is 10.0 Å². The summed E-state index contributed by atoms with van der Waals surface area (Å²) in [7, 11) is -3.82. The molecule has 33 heavy (non-hydrogen) atoms. The monoisotopic (exact) mass is 464 g/mol. The van der Waals surface area contributed by atoms with E-state index in [2.05, 4.69) is 10.0 Å². The maximum Gasteiger partial charge on any atom is 0.240 e. The number of nitrogens with one attached hydrogen (secondary N) is 2. The first-order valence-corrected chi connectivity index (χ1v) is 12.3. The topological polar surface area (TPSA) is 92.3 Å². The Morgan fingerprint density at radius 3 is 1.97 bits per heavy atom. The molecule has 0 aliphatic heterocycles. The van der Waals surface area contributed by atoms with Gasteiger partial charge in [-0.2, -0.15) is 0 Å². The molecule has 0 aliphatic carbocycles. The first-order valence-electron chi connectivity index (χ1n) is 10.8. The van der Waals surface area contributed by atoms with Gasteiger partial charge >= 0.3 is 0 Å². The van der Waals surface area contributed by atoms with Crippen LogP contribution in [0.5, 0.6) is 0 Å². The Balaban J connectivity index is 1.62. The minimum atomic E-state index is -3.82. The quantitative estimate of drug-likeness (QED) is 0.445. The molecule has 0 bridgehead atoms. The van der Waals surface area contributed by atoms with Gasteiger partial charge in [0, 0.05) is 30.5 Å². The Bertz CT molecular complexity index is 1160. The fourth-order valence-electron chi connectivity index (χ4n) is 3.76. The highest BCUT2D eigenvalue weighted by Crippen LogP contribution is 2.28. The molecule has 0 aliphatic rings. The molecule has 3 aromatic carbocycles. The summed E-state index contributed by atoms with van der Waals surface area (Å²) >= 11 is 0. The normalized spacial score (nSPS) is 12.3. The molecule has 0 heterocycles. The third-order valence-corrected chi connectivity index (χ3v) is 6.86. The molecule has 3 aromatic rings. The van der Waals surface area contributed by atoms with Crippen molar-refractivity contribution in [2.75, 3.05) is 6.54 Å². The smallest absolute Gasteiger partial charge is 0.240 e. The molecule has 6 nitrogen and oxygen atoms in total. The Hall–Kier alpha value is -3.29. The minimum absolute atomic E-state index is 0.00260. The van der Waals surface area contributed by atoms with Gasteiger partial charge in [-0.1, -0.05) is 72.8 Å². The lowest BCUT2D eigenvalue weighted by molar-refractivity contribution is -0.121. The van der Waals surface area contributed by atoms with E-state index in [1.807, 2.05) is 67.6 Å². The van der Waals surface area contributed by atoms with Crippen LogP contribution in [0.3, 0.4) is 0 Å². The second kappa shape index (κ2) is 11.0. The number of sulfonamides is 1. The SMILES string of the molecule is CC(=O)c1cccc(S(=O)(=O)NCCC(=O)NC(C)C(c2ccccc2)c2ccccc2)c1. The average Bonchev–Trinajstić information content (AvgIpc) is 2.80. The number of carbonyl (C=O) groups is 2. The van der Waals surface area contributed by atoms with Gasteiger partial charge in [-0.3, -0.25) is 9.59 Å². The van der Waals surface area contributed by atoms with Crippen LogP contribution in [0.15, 0.2) is 89.8 Å². The van der Waals surface area contributed by atoms with Crippen molar-refractivity contribution in [3.8, 4) is 0 Å². The van der Waals surface area contributed by atoms with Crippen molar-refractivity contribution in [2.45, 2.75) is 37.1 Å². The van der Waals surface area contributed by atoms with Gasteiger partial charge in [0.25, 0.3) is 0 Å². The zero-order valence-corrected chi connectivity index (χ0v) is 19.5. The summed E-state index contributed by atoms with van der Waals surface area (Å²) in [5, 5.41) is 3.01. The van der Waals surface area contributed by atoms with Crippen LogP contribution in [-0.2, 0) is 14.8 Å². The molecule has 0 saturated heterocycles. The summed E-state index contributed by atoms with van der Waals surface area (Å²) in [5.74, 6) is -0.506. The molecule has 3 rings (SSSR count). The van der Waals surface area contributed by atoms with Gasteiger partial charge in [0.1, 0.15) is 0 Å². The summed E-state index contributed by atoms with van der Waals surface area (Å²) in [6.45, 7) is 3.27. The van der Waals surface area contributed by atoms with Gasteiger partial charge in [0.2, 0.25) is 15.9 Å². The molecule has 2 N–H and O–H groups in total. The summed E-state index contributed by atoms with van der Waals surface area (Å²) in [5.41, 5.74) is 2.49. The van der Waals surface area contributed by atoms with E-state index < -0.39 is 10.0 Å². The van der Waals surface area contributed by atoms with Crippen molar-refractivity contribution in [3.05, 3.63) is 102 Å². The van der Waals surface area contributed by atoms with Crippen LogP contribution in [0.1, 0.15) is 47.7 Å². The Morgan fingerprint density at radius 2 is 1.42 bits per heavy atom. The molecule has 7 heteroatoms. The second-order valence-electron chi connectivity index (χ2n) is 7.89. The first kappa shape index (κ1) is 24.4. The largest absolute Gasteiger partial charge is 0.353 e. The number of rotatable bonds is 10. The zero-order chi connectivity index (χ0) is 23.8. The van der Waals surface area contributed by atoms with E-state index in [0.717, 1.165) is 11.1 Å². The number of Topliss-reactive ketones (excluding diaryl/α,β-unsaturated/α-hetero) is 1. The van der Waals surface area contributed by atoms with Gasteiger partial charge in [0.15, 0.2) is 5.78 Å². The third kappa shape index (κ3) is 6.60. The molecule has 0 fully saturated rings. The van der Waals surface area contributed by atoms with Crippen LogP contribution >= 0.6 is 0 Å². The van der Waals surface area contributed by atoms with Crippen molar-refractivity contribution in [2.24, 2.45) is 0 Å². The summed E-state index contributed by atoms with van der Waals surface area (Å²) < 4.78 is 27.5.